The van der Waals surface area contributed by atoms with Crippen molar-refractivity contribution in [3.8, 4) is 5.75 Å². The number of halogens is 1. The van der Waals surface area contributed by atoms with Crippen molar-refractivity contribution in [1.29, 1.82) is 0 Å². The van der Waals surface area contributed by atoms with Crippen LogP contribution in [0.25, 0.3) is 0 Å². The highest BCUT2D eigenvalue weighted by Gasteiger charge is 2.30. The van der Waals surface area contributed by atoms with Gasteiger partial charge in [-0.1, -0.05) is 74.5 Å². The van der Waals surface area contributed by atoms with E-state index in [1.165, 1.54) is 17.0 Å². The molecule has 5 nitrogen and oxygen atoms in total. The average Bonchev–Trinajstić information content (AvgIpc) is 2.85. The van der Waals surface area contributed by atoms with Crippen LogP contribution in [-0.2, 0) is 22.6 Å². The van der Waals surface area contributed by atoms with Gasteiger partial charge in [0.2, 0.25) is 5.91 Å². The first-order valence-electron chi connectivity index (χ1n) is 11.5. The van der Waals surface area contributed by atoms with Crippen LogP contribution in [0.4, 0.5) is 4.39 Å². The third-order valence-electron chi connectivity index (χ3n) is 5.33. The fraction of sp³-hybridized carbons (Fsp3) is 0.286. The van der Waals surface area contributed by atoms with Gasteiger partial charge in [-0.2, -0.15) is 0 Å². The van der Waals surface area contributed by atoms with E-state index >= 15 is 0 Å². The smallest absolute Gasteiger partial charge is 0.261 e. The van der Waals surface area contributed by atoms with Crippen molar-refractivity contribution in [2.45, 2.75) is 32.9 Å². The molecule has 0 aromatic heterocycles. The molecule has 178 valence electrons. The lowest BCUT2D eigenvalue weighted by atomic mass is 10.0. The summed E-state index contributed by atoms with van der Waals surface area (Å²) in [6.07, 6.45) is 0.350. The standard InChI is InChI=1S/C28H31FN2O3/c1-21(2)18-30-28(33)26(17-22-9-5-3-6-10-22)31(19-23-13-15-24(29)16-14-23)27(32)20-34-25-11-7-4-8-12-25/h3-16,21,26H,17-20H2,1-2H3,(H,30,33). The zero-order valence-electron chi connectivity index (χ0n) is 19.6. The third-order valence-corrected chi connectivity index (χ3v) is 5.33. The molecule has 0 aliphatic carbocycles. The number of nitrogens with one attached hydrogen (secondary N) is 1. The lowest BCUT2D eigenvalue weighted by Gasteiger charge is -2.31. The van der Waals surface area contributed by atoms with Gasteiger partial charge < -0.3 is 15.0 Å². The van der Waals surface area contributed by atoms with E-state index in [9.17, 15) is 14.0 Å². The highest BCUT2D eigenvalue weighted by atomic mass is 19.1. The molecule has 0 aliphatic rings. The van der Waals surface area contributed by atoms with Gasteiger partial charge in [0, 0.05) is 19.5 Å². The maximum atomic E-state index is 13.5. The van der Waals surface area contributed by atoms with Gasteiger partial charge in [-0.15, -0.1) is 0 Å². The summed E-state index contributed by atoms with van der Waals surface area (Å²) in [7, 11) is 0. The number of rotatable bonds is 11. The molecule has 0 fully saturated rings. The highest BCUT2D eigenvalue weighted by Crippen LogP contribution is 2.16. The molecule has 3 aromatic rings. The molecule has 0 radical (unpaired) electrons. The normalized spacial score (nSPS) is 11.6. The Hall–Kier alpha value is -3.67. The SMILES string of the molecule is CC(C)CNC(=O)C(Cc1ccccc1)N(Cc1ccc(F)cc1)C(=O)COc1ccccc1. The lowest BCUT2D eigenvalue weighted by Crippen LogP contribution is -2.52. The van der Waals surface area contributed by atoms with Gasteiger partial charge in [0.05, 0.1) is 0 Å². The Morgan fingerprint density at radius 1 is 0.882 bits per heavy atom. The number of carbonyl (C=O) groups excluding carboxylic acids is 2. The molecule has 0 saturated heterocycles. The molecule has 6 heteroatoms. The van der Waals surface area contributed by atoms with Gasteiger partial charge >= 0.3 is 0 Å². The van der Waals surface area contributed by atoms with Gasteiger partial charge in [-0.05, 0) is 41.3 Å². The van der Waals surface area contributed by atoms with E-state index < -0.39 is 6.04 Å². The van der Waals surface area contributed by atoms with E-state index in [0.29, 0.717) is 18.7 Å². The molecule has 3 rings (SSSR count). The first-order valence-corrected chi connectivity index (χ1v) is 11.5. The molecule has 1 N–H and O–H groups in total. The number of ether oxygens (including phenoxy) is 1. The largest absolute Gasteiger partial charge is 0.484 e. The minimum atomic E-state index is -0.752. The zero-order chi connectivity index (χ0) is 24.3. The Kier molecular flexibility index (Phi) is 9.21. The third kappa shape index (κ3) is 7.73. The zero-order valence-corrected chi connectivity index (χ0v) is 19.6. The van der Waals surface area contributed by atoms with Crippen LogP contribution in [0.3, 0.4) is 0 Å². The molecule has 1 unspecified atom stereocenters. The summed E-state index contributed by atoms with van der Waals surface area (Å²) in [4.78, 5) is 28.2. The number of hydrogen-bond donors (Lipinski definition) is 1. The lowest BCUT2D eigenvalue weighted by molar-refractivity contribution is -0.142. The quantitative estimate of drug-likeness (QED) is 0.453. The minimum Gasteiger partial charge on any atom is -0.484 e. The van der Waals surface area contributed by atoms with Crippen LogP contribution in [0, 0.1) is 11.7 Å². The first kappa shape index (κ1) is 25.0. The summed E-state index contributed by atoms with van der Waals surface area (Å²) in [5.41, 5.74) is 1.66. The summed E-state index contributed by atoms with van der Waals surface area (Å²) < 4.78 is 19.2. The topological polar surface area (TPSA) is 58.6 Å². The molecule has 0 saturated carbocycles. The molecule has 34 heavy (non-hydrogen) atoms. The molecule has 0 aliphatic heterocycles. The number of benzene rings is 3. The monoisotopic (exact) mass is 462 g/mol. The molecule has 2 amide bonds. The Labute approximate surface area is 200 Å². The highest BCUT2D eigenvalue weighted by molar-refractivity contribution is 5.88. The van der Waals surface area contributed by atoms with Gasteiger partial charge in [-0.3, -0.25) is 9.59 Å². The molecular weight excluding hydrogens is 431 g/mol. The van der Waals surface area contributed by atoms with Crippen molar-refractivity contribution in [1.82, 2.24) is 10.2 Å². The average molecular weight is 463 g/mol. The fourth-order valence-corrected chi connectivity index (χ4v) is 3.51. The number of amides is 2. The van der Waals surface area contributed by atoms with Crippen molar-refractivity contribution in [3.05, 3.63) is 102 Å². The number of carbonyl (C=O) groups is 2. The van der Waals surface area contributed by atoms with Crippen LogP contribution in [0.2, 0.25) is 0 Å². The Balaban J connectivity index is 1.88. The van der Waals surface area contributed by atoms with Crippen molar-refractivity contribution in [2.75, 3.05) is 13.2 Å². The van der Waals surface area contributed by atoms with Crippen LogP contribution in [0.15, 0.2) is 84.9 Å². The number of para-hydroxylation sites is 1. The molecule has 3 aromatic carbocycles. The van der Waals surface area contributed by atoms with Gasteiger partial charge in [0.15, 0.2) is 6.61 Å². The summed E-state index contributed by atoms with van der Waals surface area (Å²) in [5.74, 6) is -0.0727. The van der Waals surface area contributed by atoms with Crippen LogP contribution in [0.5, 0.6) is 5.75 Å². The van der Waals surface area contributed by atoms with Crippen LogP contribution in [-0.4, -0.2) is 35.9 Å². The second-order valence-electron chi connectivity index (χ2n) is 8.59. The maximum Gasteiger partial charge on any atom is 0.261 e. The van der Waals surface area contributed by atoms with Gasteiger partial charge in [0.1, 0.15) is 17.6 Å². The van der Waals surface area contributed by atoms with Crippen molar-refractivity contribution < 1.29 is 18.7 Å². The van der Waals surface area contributed by atoms with E-state index in [-0.39, 0.29) is 36.7 Å². The van der Waals surface area contributed by atoms with Crippen molar-refractivity contribution in [2.24, 2.45) is 5.92 Å². The van der Waals surface area contributed by atoms with Crippen LogP contribution >= 0.6 is 0 Å². The van der Waals surface area contributed by atoms with Crippen molar-refractivity contribution >= 4 is 11.8 Å². The summed E-state index contributed by atoms with van der Waals surface area (Å²) >= 11 is 0. The van der Waals surface area contributed by atoms with E-state index in [0.717, 1.165) is 11.1 Å². The maximum absolute atomic E-state index is 13.5. The Morgan fingerprint density at radius 2 is 1.50 bits per heavy atom. The fourth-order valence-electron chi connectivity index (χ4n) is 3.51. The number of hydrogen-bond acceptors (Lipinski definition) is 3. The van der Waals surface area contributed by atoms with E-state index in [1.54, 1.807) is 24.3 Å². The Bertz CT molecular complexity index is 1040. The van der Waals surface area contributed by atoms with Crippen LogP contribution in [0.1, 0.15) is 25.0 Å². The van der Waals surface area contributed by atoms with Gasteiger partial charge in [0.25, 0.3) is 5.91 Å². The molecule has 0 heterocycles. The number of nitrogens with zero attached hydrogens (tertiary/aromatic N) is 1. The molecule has 0 bridgehead atoms. The van der Waals surface area contributed by atoms with Crippen molar-refractivity contribution in [3.63, 3.8) is 0 Å². The molecule has 1 atom stereocenters. The Morgan fingerprint density at radius 3 is 2.12 bits per heavy atom. The van der Waals surface area contributed by atoms with Crippen LogP contribution < -0.4 is 10.1 Å². The predicted molar refractivity (Wildman–Crippen MR) is 131 cm³/mol. The molecule has 0 spiro atoms. The summed E-state index contributed by atoms with van der Waals surface area (Å²) in [5, 5.41) is 2.97. The summed E-state index contributed by atoms with van der Waals surface area (Å²) in [6.45, 7) is 4.48. The van der Waals surface area contributed by atoms with E-state index in [2.05, 4.69) is 5.32 Å². The van der Waals surface area contributed by atoms with E-state index in [4.69, 9.17) is 4.74 Å². The first-order chi connectivity index (χ1) is 16.4. The molecular formula is C28H31FN2O3. The van der Waals surface area contributed by atoms with E-state index in [1.807, 2.05) is 62.4 Å². The summed E-state index contributed by atoms with van der Waals surface area (Å²) in [6, 6.07) is 23.9. The second-order valence-corrected chi connectivity index (χ2v) is 8.59. The minimum absolute atomic E-state index is 0.157. The second kappa shape index (κ2) is 12.5. The predicted octanol–water partition coefficient (Wildman–Crippen LogP) is 4.62. The van der Waals surface area contributed by atoms with Gasteiger partial charge in [-0.25, -0.2) is 4.39 Å².